The van der Waals surface area contributed by atoms with E-state index in [1.165, 1.54) is 10.8 Å². The molecule has 9 heavy (non-hydrogen) atoms. The lowest BCUT2D eigenvalue weighted by atomic mass is 10.3. The third-order valence-corrected chi connectivity index (χ3v) is 2.22. The molecule has 2 heteroatoms. The van der Waals surface area contributed by atoms with Crippen molar-refractivity contribution in [3.63, 3.8) is 0 Å². The van der Waals surface area contributed by atoms with Gasteiger partial charge in [-0.25, -0.2) is 0 Å². The van der Waals surface area contributed by atoms with E-state index in [0.717, 1.165) is 19.4 Å². The van der Waals surface area contributed by atoms with Crippen LogP contribution in [0.1, 0.15) is 12.8 Å². The second-order valence-electron chi connectivity index (χ2n) is 1.99. The highest BCUT2D eigenvalue weighted by Gasteiger charge is 2.03. The molecule has 0 aromatic carbocycles. The summed E-state index contributed by atoms with van der Waals surface area (Å²) in [6, 6.07) is 0. The number of nitrogens with one attached hydrogen (secondary N) is 1. The fraction of sp³-hybridized carbons (Fsp3) is 0.571. The van der Waals surface area contributed by atoms with Gasteiger partial charge in [0.1, 0.15) is 0 Å². The van der Waals surface area contributed by atoms with Crippen molar-refractivity contribution in [2.75, 3.05) is 12.3 Å². The van der Waals surface area contributed by atoms with E-state index in [1.54, 1.807) is 0 Å². The van der Waals surface area contributed by atoms with Crippen LogP contribution in [0.5, 0.6) is 0 Å². The Hall–Kier alpha value is -0.110. The fourth-order valence-corrected chi connectivity index (χ4v) is 1.61. The van der Waals surface area contributed by atoms with Gasteiger partial charge in [-0.2, -0.15) is 0 Å². The molecule has 0 unspecified atom stereocenters. The fourth-order valence-electron chi connectivity index (χ4n) is 0.751. The van der Waals surface area contributed by atoms with Gasteiger partial charge in [-0.05, 0) is 12.8 Å². The molecule has 1 saturated heterocycles. The maximum atomic E-state index is 3.77. The average Bonchev–Trinajstić information content (AvgIpc) is 2.34. The number of unbranched alkanes of at least 4 members (excludes halogenated alkanes) is 1. The molecule has 1 nitrogen and oxygen atoms in total. The molecular weight excluding hydrogens is 130 g/mol. The van der Waals surface area contributed by atoms with Gasteiger partial charge in [0.05, 0.1) is 5.03 Å². The first kappa shape index (κ1) is 7.00. The molecule has 1 radical (unpaired) electrons. The summed E-state index contributed by atoms with van der Waals surface area (Å²) >= 11 is 1.90. The van der Waals surface area contributed by atoms with Crippen molar-refractivity contribution in [1.82, 2.24) is 5.32 Å². The van der Waals surface area contributed by atoms with Gasteiger partial charge < -0.3 is 5.32 Å². The van der Waals surface area contributed by atoms with Crippen LogP contribution in [0.2, 0.25) is 0 Å². The standard InChI is InChI=1S/C7H12NS/c1-2-3-4-7-8-5-6-9-7/h4,8H,1-3,5-6H2. The monoisotopic (exact) mass is 142 g/mol. The minimum Gasteiger partial charge on any atom is -0.379 e. The Morgan fingerprint density at radius 3 is 3.22 bits per heavy atom. The highest BCUT2D eigenvalue weighted by molar-refractivity contribution is 8.03. The highest BCUT2D eigenvalue weighted by Crippen LogP contribution is 2.17. The molecule has 1 aliphatic rings. The van der Waals surface area contributed by atoms with Gasteiger partial charge in [0.2, 0.25) is 0 Å². The minimum atomic E-state index is 1.01. The molecule has 1 fully saturated rings. The van der Waals surface area contributed by atoms with Gasteiger partial charge in [0.15, 0.2) is 0 Å². The molecule has 0 amide bonds. The second-order valence-corrected chi connectivity index (χ2v) is 3.12. The van der Waals surface area contributed by atoms with Crippen LogP contribution in [-0.2, 0) is 0 Å². The van der Waals surface area contributed by atoms with Crippen LogP contribution in [0, 0.1) is 6.92 Å². The predicted octanol–water partition coefficient (Wildman–Crippen LogP) is 1.78. The molecule has 0 atom stereocenters. The summed E-state index contributed by atoms with van der Waals surface area (Å²) in [5, 5.41) is 4.63. The van der Waals surface area contributed by atoms with E-state index in [2.05, 4.69) is 18.3 Å². The van der Waals surface area contributed by atoms with Crippen LogP contribution in [0.4, 0.5) is 0 Å². The van der Waals surface area contributed by atoms with Crippen molar-refractivity contribution in [2.45, 2.75) is 12.8 Å². The van der Waals surface area contributed by atoms with E-state index in [0.29, 0.717) is 0 Å². The average molecular weight is 142 g/mol. The first-order chi connectivity index (χ1) is 4.43. The van der Waals surface area contributed by atoms with Gasteiger partial charge in [-0.1, -0.05) is 13.0 Å². The van der Waals surface area contributed by atoms with Crippen LogP contribution in [0.3, 0.4) is 0 Å². The summed E-state index contributed by atoms with van der Waals surface area (Å²) in [5.41, 5.74) is 0. The molecule has 1 rings (SSSR count). The summed E-state index contributed by atoms with van der Waals surface area (Å²) in [6.45, 7) is 4.90. The topological polar surface area (TPSA) is 12.0 Å². The van der Waals surface area contributed by atoms with Gasteiger partial charge >= 0.3 is 0 Å². The maximum Gasteiger partial charge on any atom is 0.0641 e. The molecule has 0 saturated carbocycles. The summed E-state index contributed by atoms with van der Waals surface area (Å²) in [6.07, 6.45) is 4.34. The third kappa shape index (κ3) is 2.31. The Morgan fingerprint density at radius 1 is 1.78 bits per heavy atom. The van der Waals surface area contributed by atoms with Crippen molar-refractivity contribution < 1.29 is 0 Å². The first-order valence-electron chi connectivity index (χ1n) is 3.29. The normalized spacial score (nSPS) is 22.6. The molecule has 51 valence electrons. The van der Waals surface area contributed by atoms with Crippen molar-refractivity contribution >= 4 is 11.8 Å². The van der Waals surface area contributed by atoms with Crippen molar-refractivity contribution in [2.24, 2.45) is 0 Å². The number of thioether (sulfide) groups is 1. The lowest BCUT2D eigenvalue weighted by molar-refractivity contribution is 0.928. The lowest BCUT2D eigenvalue weighted by Crippen LogP contribution is -2.03. The second kappa shape index (κ2) is 3.83. The molecule has 1 heterocycles. The zero-order valence-electron chi connectivity index (χ0n) is 5.52. The van der Waals surface area contributed by atoms with E-state index >= 15 is 0 Å². The zero-order valence-corrected chi connectivity index (χ0v) is 6.34. The molecule has 0 aliphatic carbocycles. The van der Waals surface area contributed by atoms with E-state index < -0.39 is 0 Å². The third-order valence-electron chi connectivity index (χ3n) is 1.19. The Kier molecular flexibility index (Phi) is 2.98. The van der Waals surface area contributed by atoms with Crippen LogP contribution in [-0.4, -0.2) is 12.3 Å². The number of hydrogen-bond donors (Lipinski definition) is 1. The summed E-state index contributed by atoms with van der Waals surface area (Å²) in [5.74, 6) is 1.23. The summed E-state index contributed by atoms with van der Waals surface area (Å²) in [4.78, 5) is 0. The van der Waals surface area contributed by atoms with E-state index in [1.807, 2.05) is 11.8 Å². The highest BCUT2D eigenvalue weighted by atomic mass is 32.2. The smallest absolute Gasteiger partial charge is 0.0641 e. The van der Waals surface area contributed by atoms with Crippen LogP contribution >= 0.6 is 11.8 Å². The Bertz CT molecular complexity index is 101. The van der Waals surface area contributed by atoms with E-state index in [4.69, 9.17) is 0 Å². The molecule has 0 aromatic rings. The van der Waals surface area contributed by atoms with E-state index in [-0.39, 0.29) is 0 Å². The van der Waals surface area contributed by atoms with Crippen LogP contribution in [0.25, 0.3) is 0 Å². The van der Waals surface area contributed by atoms with Gasteiger partial charge in [0.25, 0.3) is 0 Å². The molecule has 1 aliphatic heterocycles. The Morgan fingerprint density at radius 2 is 2.67 bits per heavy atom. The number of rotatable bonds is 2. The molecule has 0 bridgehead atoms. The maximum absolute atomic E-state index is 3.77. The molecule has 0 spiro atoms. The molecule has 0 aromatic heterocycles. The number of hydrogen-bond acceptors (Lipinski definition) is 2. The predicted molar refractivity (Wildman–Crippen MR) is 43.1 cm³/mol. The van der Waals surface area contributed by atoms with Crippen molar-refractivity contribution in [3.05, 3.63) is 18.0 Å². The molecular formula is C7H12NS. The van der Waals surface area contributed by atoms with Gasteiger partial charge in [-0.3, -0.25) is 0 Å². The Balaban J connectivity index is 2.22. The Labute approximate surface area is 60.9 Å². The lowest BCUT2D eigenvalue weighted by Gasteiger charge is -1.93. The first-order valence-corrected chi connectivity index (χ1v) is 4.28. The van der Waals surface area contributed by atoms with Gasteiger partial charge in [0, 0.05) is 12.3 Å². The number of allylic oxidation sites excluding steroid dienone is 1. The SMILES string of the molecule is [CH2]CCC=C1NCCS1. The van der Waals surface area contributed by atoms with E-state index in [9.17, 15) is 0 Å². The zero-order chi connectivity index (χ0) is 6.53. The van der Waals surface area contributed by atoms with Crippen LogP contribution < -0.4 is 5.32 Å². The van der Waals surface area contributed by atoms with Crippen molar-refractivity contribution in [1.29, 1.82) is 0 Å². The summed E-state index contributed by atoms with van der Waals surface area (Å²) in [7, 11) is 0. The quantitative estimate of drug-likeness (QED) is 0.630. The van der Waals surface area contributed by atoms with Crippen molar-refractivity contribution in [3.8, 4) is 0 Å². The largest absolute Gasteiger partial charge is 0.379 e. The minimum absolute atomic E-state index is 1.01. The van der Waals surface area contributed by atoms with Gasteiger partial charge in [-0.15, -0.1) is 11.8 Å². The summed E-state index contributed by atoms with van der Waals surface area (Å²) < 4.78 is 0. The van der Waals surface area contributed by atoms with Crippen LogP contribution in [0.15, 0.2) is 11.1 Å². The molecule has 1 N–H and O–H groups in total.